The molecule has 1 fully saturated rings. The molecule has 0 spiro atoms. The maximum absolute atomic E-state index is 13.1. The van der Waals surface area contributed by atoms with Gasteiger partial charge in [0.2, 0.25) is 15.9 Å². The number of piperidine rings is 1. The normalized spacial score (nSPS) is 15.5. The summed E-state index contributed by atoms with van der Waals surface area (Å²) >= 11 is 0. The monoisotopic (exact) mass is 448 g/mol. The Balaban J connectivity index is 1.41. The van der Waals surface area contributed by atoms with E-state index >= 15 is 0 Å². The molecule has 0 aromatic heterocycles. The van der Waals surface area contributed by atoms with Crippen molar-refractivity contribution >= 4 is 15.9 Å². The van der Waals surface area contributed by atoms with Crippen LogP contribution in [0, 0.1) is 11.7 Å². The van der Waals surface area contributed by atoms with Crippen molar-refractivity contribution in [1.82, 2.24) is 9.62 Å². The van der Waals surface area contributed by atoms with Gasteiger partial charge in [-0.3, -0.25) is 4.79 Å². The maximum Gasteiger partial charge on any atom is 0.243 e. The minimum atomic E-state index is -3.60. The molecule has 3 rings (SSSR count). The third kappa shape index (κ3) is 6.51. The summed E-state index contributed by atoms with van der Waals surface area (Å²) in [6, 6.07) is 12.6. The van der Waals surface area contributed by atoms with E-state index in [-0.39, 0.29) is 10.8 Å². The van der Waals surface area contributed by atoms with E-state index < -0.39 is 15.8 Å². The van der Waals surface area contributed by atoms with E-state index in [1.165, 1.54) is 16.4 Å². The van der Waals surface area contributed by atoms with Gasteiger partial charge in [0, 0.05) is 26.1 Å². The first kappa shape index (κ1) is 23.2. The number of sulfonamides is 1. The SMILES string of the molecule is CCOc1cccc(CNC(=O)CCC2CCN(S(=O)(=O)c3ccc(F)cc3)CC2)c1. The van der Waals surface area contributed by atoms with Gasteiger partial charge in [0.25, 0.3) is 0 Å². The molecule has 31 heavy (non-hydrogen) atoms. The van der Waals surface area contributed by atoms with E-state index in [4.69, 9.17) is 4.74 Å². The standard InChI is InChI=1S/C23H29FN2O4S/c1-2-30-21-5-3-4-19(16-21)17-25-23(27)11-6-18-12-14-26(15-13-18)31(28,29)22-9-7-20(24)8-10-22/h3-5,7-10,16,18H,2,6,11-15,17H2,1H3,(H,25,27). The molecule has 1 N–H and O–H groups in total. The Bertz CT molecular complexity index is 971. The van der Waals surface area contributed by atoms with Gasteiger partial charge in [-0.25, -0.2) is 12.8 Å². The van der Waals surface area contributed by atoms with E-state index in [0.717, 1.165) is 29.9 Å². The number of halogens is 1. The lowest BCUT2D eigenvalue weighted by Gasteiger charge is -2.31. The molecule has 0 unspecified atom stereocenters. The molecule has 0 aliphatic carbocycles. The molecule has 1 saturated heterocycles. The molecule has 2 aromatic carbocycles. The first-order valence-corrected chi connectivity index (χ1v) is 12.1. The average molecular weight is 449 g/mol. The van der Waals surface area contributed by atoms with E-state index in [1.807, 2.05) is 31.2 Å². The van der Waals surface area contributed by atoms with Crippen LogP contribution in [0.25, 0.3) is 0 Å². The number of rotatable bonds is 9. The van der Waals surface area contributed by atoms with Crippen LogP contribution < -0.4 is 10.1 Å². The topological polar surface area (TPSA) is 75.7 Å². The zero-order valence-electron chi connectivity index (χ0n) is 17.7. The number of nitrogens with one attached hydrogen (secondary N) is 1. The molecule has 2 aromatic rings. The number of hydrogen-bond acceptors (Lipinski definition) is 4. The lowest BCUT2D eigenvalue weighted by Crippen LogP contribution is -2.38. The lowest BCUT2D eigenvalue weighted by molar-refractivity contribution is -0.121. The van der Waals surface area contributed by atoms with Crippen molar-refractivity contribution in [2.45, 2.75) is 44.0 Å². The highest BCUT2D eigenvalue weighted by Gasteiger charge is 2.29. The predicted molar refractivity (Wildman–Crippen MR) is 117 cm³/mol. The number of hydrogen-bond donors (Lipinski definition) is 1. The van der Waals surface area contributed by atoms with Gasteiger partial charge in [0.05, 0.1) is 11.5 Å². The minimum Gasteiger partial charge on any atom is -0.494 e. The predicted octanol–water partition coefficient (Wildman–Crippen LogP) is 3.72. The fraction of sp³-hybridized carbons (Fsp3) is 0.435. The highest BCUT2D eigenvalue weighted by Crippen LogP contribution is 2.26. The van der Waals surface area contributed by atoms with Crippen LogP contribution in [0.4, 0.5) is 4.39 Å². The van der Waals surface area contributed by atoms with Gasteiger partial charge in [-0.15, -0.1) is 0 Å². The second-order valence-corrected chi connectivity index (χ2v) is 9.64. The quantitative estimate of drug-likeness (QED) is 0.634. The Kier molecular flexibility index (Phi) is 8.03. The Hall–Kier alpha value is -2.45. The van der Waals surface area contributed by atoms with Crippen molar-refractivity contribution in [1.29, 1.82) is 0 Å². The molecule has 0 atom stereocenters. The molecule has 6 nitrogen and oxygen atoms in total. The van der Waals surface area contributed by atoms with Crippen LogP contribution in [-0.2, 0) is 21.4 Å². The van der Waals surface area contributed by atoms with Gasteiger partial charge < -0.3 is 10.1 Å². The van der Waals surface area contributed by atoms with E-state index in [9.17, 15) is 17.6 Å². The number of amides is 1. The summed E-state index contributed by atoms with van der Waals surface area (Å²) in [7, 11) is -3.60. The third-order valence-corrected chi connectivity index (χ3v) is 7.42. The van der Waals surface area contributed by atoms with Crippen LogP contribution in [0.15, 0.2) is 53.4 Å². The lowest BCUT2D eigenvalue weighted by atomic mass is 9.93. The van der Waals surface area contributed by atoms with Crippen LogP contribution in [0.3, 0.4) is 0 Å². The maximum atomic E-state index is 13.1. The molecule has 1 aliphatic rings. The first-order valence-electron chi connectivity index (χ1n) is 10.6. The summed E-state index contributed by atoms with van der Waals surface area (Å²) in [4.78, 5) is 12.3. The number of benzene rings is 2. The van der Waals surface area contributed by atoms with Gasteiger partial charge in [-0.1, -0.05) is 12.1 Å². The molecule has 0 bridgehead atoms. The Morgan fingerprint density at radius 1 is 1.16 bits per heavy atom. The Morgan fingerprint density at radius 2 is 1.87 bits per heavy atom. The average Bonchev–Trinajstić information content (AvgIpc) is 2.77. The Morgan fingerprint density at radius 3 is 2.55 bits per heavy atom. The summed E-state index contributed by atoms with van der Waals surface area (Å²) in [5.41, 5.74) is 0.985. The van der Waals surface area contributed by atoms with Gasteiger partial charge in [-0.2, -0.15) is 4.31 Å². The van der Waals surface area contributed by atoms with E-state index in [1.54, 1.807) is 0 Å². The minimum absolute atomic E-state index is 0.0109. The molecule has 0 radical (unpaired) electrons. The van der Waals surface area contributed by atoms with Crippen molar-refractivity contribution in [3.63, 3.8) is 0 Å². The van der Waals surface area contributed by atoms with Crippen molar-refractivity contribution in [3.05, 3.63) is 59.9 Å². The van der Waals surface area contributed by atoms with E-state index in [2.05, 4.69) is 5.32 Å². The van der Waals surface area contributed by atoms with Crippen LogP contribution in [0.1, 0.15) is 38.2 Å². The van der Waals surface area contributed by atoms with Crippen molar-refractivity contribution in [2.24, 2.45) is 5.92 Å². The Labute approximate surface area is 183 Å². The van der Waals surface area contributed by atoms with Crippen molar-refractivity contribution in [3.8, 4) is 5.75 Å². The fourth-order valence-corrected chi connectivity index (χ4v) is 5.20. The molecule has 8 heteroatoms. The van der Waals surface area contributed by atoms with Crippen molar-refractivity contribution < 1.29 is 22.3 Å². The third-order valence-electron chi connectivity index (χ3n) is 5.50. The van der Waals surface area contributed by atoms with E-state index in [0.29, 0.717) is 51.4 Å². The molecule has 1 heterocycles. The summed E-state index contributed by atoms with van der Waals surface area (Å²) in [6.45, 7) is 3.80. The fourth-order valence-electron chi connectivity index (χ4n) is 3.73. The highest BCUT2D eigenvalue weighted by atomic mass is 32.2. The molecule has 168 valence electrons. The second kappa shape index (κ2) is 10.7. The number of ether oxygens (including phenoxy) is 1. The highest BCUT2D eigenvalue weighted by molar-refractivity contribution is 7.89. The van der Waals surface area contributed by atoms with Crippen LogP contribution in [0.2, 0.25) is 0 Å². The summed E-state index contributed by atoms with van der Waals surface area (Å²) in [5, 5.41) is 2.94. The molecule has 1 amide bonds. The zero-order chi connectivity index (χ0) is 22.3. The number of nitrogens with zero attached hydrogens (tertiary/aromatic N) is 1. The summed E-state index contributed by atoms with van der Waals surface area (Å²) in [5.74, 6) is 0.629. The molecule has 0 saturated carbocycles. The van der Waals surface area contributed by atoms with Gasteiger partial charge in [0.1, 0.15) is 11.6 Å². The van der Waals surface area contributed by atoms with Gasteiger partial charge in [0.15, 0.2) is 0 Å². The number of carbonyl (C=O) groups excluding carboxylic acids is 1. The van der Waals surface area contributed by atoms with Gasteiger partial charge >= 0.3 is 0 Å². The van der Waals surface area contributed by atoms with Gasteiger partial charge in [-0.05, 0) is 74.1 Å². The van der Waals surface area contributed by atoms with Crippen molar-refractivity contribution in [2.75, 3.05) is 19.7 Å². The number of carbonyl (C=O) groups is 1. The largest absolute Gasteiger partial charge is 0.494 e. The summed E-state index contributed by atoms with van der Waals surface area (Å²) in [6.07, 6.45) is 2.57. The van der Waals surface area contributed by atoms with Crippen LogP contribution >= 0.6 is 0 Å². The molecule has 1 aliphatic heterocycles. The smallest absolute Gasteiger partial charge is 0.243 e. The molecular weight excluding hydrogens is 419 g/mol. The second-order valence-electron chi connectivity index (χ2n) is 7.70. The van der Waals surface area contributed by atoms with Crippen LogP contribution in [0.5, 0.6) is 5.75 Å². The first-order chi connectivity index (χ1) is 14.9. The summed E-state index contributed by atoms with van der Waals surface area (Å²) < 4.78 is 45.4. The molecular formula is C23H29FN2O4S. The zero-order valence-corrected chi connectivity index (χ0v) is 18.5. The van der Waals surface area contributed by atoms with Crippen LogP contribution in [-0.4, -0.2) is 38.3 Å².